The van der Waals surface area contributed by atoms with Crippen molar-refractivity contribution in [3.8, 4) is 5.75 Å². The minimum Gasteiger partial charge on any atom is -0.508 e. The lowest BCUT2D eigenvalue weighted by molar-refractivity contribution is -0.138. The molecule has 0 spiro atoms. The number of hydrogen-bond acceptors (Lipinski definition) is 8. The van der Waals surface area contributed by atoms with E-state index in [0.29, 0.717) is 28.2 Å². The Morgan fingerprint density at radius 1 is 0.898 bits per heavy atom. The van der Waals surface area contributed by atoms with Crippen LogP contribution in [-0.4, -0.2) is 62.9 Å². The van der Waals surface area contributed by atoms with E-state index in [4.69, 9.17) is 34.8 Å². The smallest absolute Gasteiger partial charge is 0.254 e. The molecule has 2 heterocycles. The summed E-state index contributed by atoms with van der Waals surface area (Å²) in [7, 11) is 3.90. The van der Waals surface area contributed by atoms with Crippen LogP contribution in [0.5, 0.6) is 5.75 Å². The summed E-state index contributed by atoms with van der Waals surface area (Å²) in [6.07, 6.45) is 1.89. The summed E-state index contributed by atoms with van der Waals surface area (Å²) in [5.74, 6) is -5.63. The summed E-state index contributed by atoms with van der Waals surface area (Å²) in [6, 6.07) is 18.5. The van der Waals surface area contributed by atoms with Crippen LogP contribution in [0.25, 0.3) is 0 Å². The highest BCUT2D eigenvalue weighted by Crippen LogP contribution is 2.66. The second kappa shape index (κ2) is 12.2. The Kier molecular flexibility index (Phi) is 8.41. The van der Waals surface area contributed by atoms with Crippen molar-refractivity contribution in [2.75, 3.05) is 29.3 Å². The van der Waals surface area contributed by atoms with Gasteiger partial charge in [0, 0.05) is 30.7 Å². The van der Waals surface area contributed by atoms with Crippen molar-refractivity contribution in [2.45, 2.75) is 28.5 Å². The third-order valence-electron chi connectivity index (χ3n) is 10.1. The Morgan fingerprint density at radius 3 is 2.12 bits per heavy atom. The molecule has 6 atom stereocenters. The summed E-state index contributed by atoms with van der Waals surface area (Å²) >= 11 is 24.4. The van der Waals surface area contributed by atoms with Gasteiger partial charge in [-0.25, -0.2) is 0 Å². The number of anilines is 2. The monoisotopic (exact) mass is 783 g/mol. The predicted octanol–water partition coefficient (Wildman–Crippen LogP) is 7.44. The van der Waals surface area contributed by atoms with E-state index >= 15 is 0 Å². The number of halogens is 4. The van der Waals surface area contributed by atoms with Crippen LogP contribution in [0.3, 0.4) is 0 Å². The van der Waals surface area contributed by atoms with Crippen LogP contribution in [0.4, 0.5) is 22.7 Å². The van der Waals surface area contributed by atoms with Crippen LogP contribution < -0.4 is 9.80 Å². The number of azo groups is 1. The number of nitrogens with zero attached hydrogens (tertiary/aromatic N) is 5. The topological polar surface area (TPSA) is 123 Å². The molecule has 14 heteroatoms. The van der Waals surface area contributed by atoms with Gasteiger partial charge in [0.05, 0.1) is 34.4 Å². The number of carbonyl (C=O) groups excluding carboxylic acids is 4. The van der Waals surface area contributed by atoms with Gasteiger partial charge in [-0.3, -0.25) is 29.0 Å². The van der Waals surface area contributed by atoms with Gasteiger partial charge in [-0.15, -0.1) is 23.2 Å². The van der Waals surface area contributed by atoms with Crippen molar-refractivity contribution < 1.29 is 24.3 Å². The van der Waals surface area contributed by atoms with Crippen LogP contribution in [0.15, 0.2) is 88.6 Å². The maximum absolute atomic E-state index is 14.3. The Balaban J connectivity index is 1.22. The van der Waals surface area contributed by atoms with Gasteiger partial charge in [-0.2, -0.15) is 10.2 Å². The maximum Gasteiger partial charge on any atom is 0.254 e. The van der Waals surface area contributed by atoms with Crippen LogP contribution in [0.2, 0.25) is 5.02 Å². The molecule has 4 amide bonds. The van der Waals surface area contributed by atoms with Crippen LogP contribution in [0.1, 0.15) is 24.3 Å². The molecule has 252 valence electrons. The summed E-state index contributed by atoms with van der Waals surface area (Å²) in [6.45, 7) is 0. The van der Waals surface area contributed by atoms with E-state index in [9.17, 15) is 24.3 Å². The Labute approximate surface area is 305 Å². The molecular formula is C35H29BrCl3N5O5. The number of imide groups is 2. The Hall–Kier alpha value is -3.77. The molecule has 49 heavy (non-hydrogen) atoms. The van der Waals surface area contributed by atoms with Crippen molar-refractivity contribution in [2.24, 2.45) is 28.0 Å². The van der Waals surface area contributed by atoms with Crippen molar-refractivity contribution in [1.29, 1.82) is 0 Å². The van der Waals surface area contributed by atoms with E-state index in [1.165, 1.54) is 17.0 Å². The lowest BCUT2D eigenvalue weighted by Crippen LogP contribution is -2.60. The number of alkyl halides is 3. The van der Waals surface area contributed by atoms with Gasteiger partial charge in [0.25, 0.3) is 11.8 Å². The Bertz CT molecular complexity index is 1970. The zero-order valence-corrected chi connectivity index (χ0v) is 30.0. The van der Waals surface area contributed by atoms with Gasteiger partial charge in [-0.1, -0.05) is 45.2 Å². The first-order valence-electron chi connectivity index (χ1n) is 15.5. The average Bonchev–Trinajstić information content (AvgIpc) is 3.42. The minimum atomic E-state index is -1.99. The highest BCUT2D eigenvalue weighted by atomic mass is 79.9. The number of carbonyl (C=O) groups is 4. The van der Waals surface area contributed by atoms with E-state index < -0.39 is 51.1 Å². The van der Waals surface area contributed by atoms with Crippen molar-refractivity contribution >= 4 is 97.1 Å². The first kappa shape index (κ1) is 33.7. The van der Waals surface area contributed by atoms with Gasteiger partial charge < -0.3 is 10.0 Å². The summed E-state index contributed by atoms with van der Waals surface area (Å²) in [5, 5.41) is 18.8. The first-order chi connectivity index (χ1) is 23.3. The molecule has 10 nitrogen and oxygen atoms in total. The van der Waals surface area contributed by atoms with Crippen molar-refractivity contribution in [3.05, 3.63) is 89.0 Å². The lowest BCUT2D eigenvalue weighted by atomic mass is 9.56. The van der Waals surface area contributed by atoms with Gasteiger partial charge in [0.15, 0.2) is 9.75 Å². The predicted molar refractivity (Wildman–Crippen MR) is 190 cm³/mol. The molecule has 0 radical (unpaired) electrons. The number of fused-ring (bicyclic) bond motifs is 4. The fourth-order valence-electron chi connectivity index (χ4n) is 7.70. The highest BCUT2D eigenvalue weighted by molar-refractivity contribution is 9.09. The highest BCUT2D eigenvalue weighted by Gasteiger charge is 2.76. The third-order valence-corrected chi connectivity index (χ3v) is 12.3. The van der Waals surface area contributed by atoms with Crippen LogP contribution in [-0.2, 0) is 19.2 Å². The molecule has 0 unspecified atom stereocenters. The van der Waals surface area contributed by atoms with E-state index in [-0.39, 0.29) is 35.0 Å². The average molecular weight is 786 g/mol. The number of hydrogen-bond donors (Lipinski definition) is 1. The molecule has 1 N–H and O–H groups in total. The second-order valence-corrected chi connectivity index (χ2v) is 15.0. The summed E-state index contributed by atoms with van der Waals surface area (Å²) in [4.78, 5) is 56.1. The normalized spacial score (nSPS) is 29.3. The summed E-state index contributed by atoms with van der Waals surface area (Å²) < 4.78 is 0. The largest absolute Gasteiger partial charge is 0.508 e. The Morgan fingerprint density at radius 2 is 1.53 bits per heavy atom. The zero-order chi connectivity index (χ0) is 35.0. The quantitative estimate of drug-likeness (QED) is 0.0912. The molecule has 3 aromatic rings. The summed E-state index contributed by atoms with van der Waals surface area (Å²) in [5.41, 5.74) is 3.46. The molecule has 4 aliphatic rings. The molecule has 2 aliphatic carbocycles. The molecule has 0 aromatic heterocycles. The molecule has 7 rings (SSSR count). The van der Waals surface area contributed by atoms with Gasteiger partial charge >= 0.3 is 0 Å². The van der Waals surface area contributed by atoms with Crippen LogP contribution >= 0.6 is 50.7 Å². The number of rotatable bonds is 6. The van der Waals surface area contributed by atoms with E-state index in [1.54, 1.807) is 30.3 Å². The zero-order valence-electron chi connectivity index (χ0n) is 26.2. The molecule has 2 saturated heterocycles. The van der Waals surface area contributed by atoms with E-state index in [0.717, 1.165) is 10.6 Å². The number of likely N-dealkylation sites (tertiary alicyclic amines) is 1. The number of phenols is 1. The number of amides is 4. The molecule has 2 aliphatic heterocycles. The lowest BCUT2D eigenvalue weighted by Gasteiger charge is -2.51. The molecular weight excluding hydrogens is 757 g/mol. The third kappa shape index (κ3) is 5.03. The molecule has 3 aromatic carbocycles. The van der Waals surface area contributed by atoms with Crippen LogP contribution in [0, 0.1) is 17.8 Å². The number of aromatic hydroxyl groups is 1. The van der Waals surface area contributed by atoms with E-state index in [1.807, 2.05) is 49.3 Å². The van der Waals surface area contributed by atoms with Gasteiger partial charge in [0.1, 0.15) is 5.75 Å². The first-order valence-corrected chi connectivity index (χ1v) is 17.7. The maximum atomic E-state index is 14.3. The fraction of sp³-hybridized carbons (Fsp3) is 0.314. The number of phenolic OH excluding ortho intramolecular Hbond substituents is 1. The molecule has 1 saturated carbocycles. The van der Waals surface area contributed by atoms with Crippen molar-refractivity contribution in [1.82, 2.24) is 4.90 Å². The second-order valence-electron chi connectivity index (χ2n) is 12.8. The molecule has 3 fully saturated rings. The van der Waals surface area contributed by atoms with E-state index in [2.05, 4.69) is 26.2 Å². The number of benzene rings is 3. The van der Waals surface area contributed by atoms with Gasteiger partial charge in [-0.05, 0) is 85.0 Å². The number of allylic oxidation sites excluding steroid dienone is 2. The van der Waals surface area contributed by atoms with Gasteiger partial charge in [0.2, 0.25) is 11.8 Å². The minimum absolute atomic E-state index is 0.103. The standard InChI is InChI=1S/C35H29BrCl3N5O5/c1-42(2)20-7-3-18(4-8-20)40-41-19-5-9-21(10-6-19)44-30(46)25-14-13-23-26(28(25)31(44)47)16-34(38)32(48)43(17-36)33(49)35(34,39)29(23)24-12-11-22(45)15-27(24)37/h3-13,15,25-26,28-29,45H,14,16-17H2,1-2H3/t25-,26+,28-,29+,34+,35-/m0/s1. The SMILES string of the molecule is CN(C)c1ccc(N=Nc2ccc(N3C(=O)[C@H]4[C@H](CC=C5[C@H]4C[C@@]4(Cl)C(=O)N(CBr)C(=O)[C@@]4(Cl)[C@H]5c4ccc(O)cc4Cl)C3=O)cc2)cc1. The van der Waals surface area contributed by atoms with Crippen molar-refractivity contribution in [3.63, 3.8) is 0 Å². The molecule has 0 bridgehead atoms. The fourth-order valence-corrected chi connectivity index (χ4v) is 9.41.